The summed E-state index contributed by atoms with van der Waals surface area (Å²) in [6, 6.07) is -0.532. The molecule has 0 atom stereocenters. The van der Waals surface area contributed by atoms with Gasteiger partial charge in [0, 0.05) is 0 Å². The van der Waals surface area contributed by atoms with E-state index in [1.807, 2.05) is 5.48 Å². The van der Waals surface area contributed by atoms with Crippen LogP contribution in [-0.2, 0) is 4.84 Å². The van der Waals surface area contributed by atoms with Crippen LogP contribution in [0.2, 0.25) is 0 Å². The Morgan fingerprint density at radius 1 is 1.62 bits per heavy atom. The van der Waals surface area contributed by atoms with E-state index in [0.29, 0.717) is 0 Å². The number of amides is 2. The van der Waals surface area contributed by atoms with E-state index >= 15 is 0 Å². The molecule has 2 amide bonds. The molecule has 0 unspecified atom stereocenters. The molecule has 0 radical (unpaired) electrons. The Kier molecular flexibility index (Phi) is 0.868. The Morgan fingerprint density at radius 3 is 2.38 bits per heavy atom. The Hall–Kier alpha value is -0.850. The third kappa shape index (κ3) is 0.861. The zero-order valence-electron chi connectivity index (χ0n) is 3.97. The van der Waals surface area contributed by atoms with E-state index in [2.05, 4.69) is 10.2 Å². The fourth-order valence-corrected chi connectivity index (χ4v) is 0.359. The summed E-state index contributed by atoms with van der Waals surface area (Å²) in [6.45, 7) is 0. The molecular weight excluding hydrogens is 112 g/mol. The second kappa shape index (κ2) is 1.31. The monoisotopic (exact) mass is 118 g/mol. The number of hydroxylamine groups is 1. The number of nitrogens with one attached hydrogen (secondary N) is 2. The molecule has 0 spiro atoms. The van der Waals surface area contributed by atoms with Gasteiger partial charge in [-0.25, -0.2) is 15.1 Å². The molecule has 1 heterocycles. The van der Waals surface area contributed by atoms with Gasteiger partial charge in [-0.3, -0.25) is 16.8 Å². The van der Waals surface area contributed by atoms with Gasteiger partial charge in [0.25, 0.3) is 5.97 Å². The largest absolute Gasteiger partial charge is 0.343 e. The normalized spacial score (nSPS) is 24.5. The van der Waals surface area contributed by atoms with Crippen LogP contribution in [0.25, 0.3) is 0 Å². The van der Waals surface area contributed by atoms with Gasteiger partial charge in [-0.2, -0.15) is 0 Å². The molecule has 0 aliphatic carbocycles. The maximum Gasteiger partial charge on any atom is 0.343 e. The van der Waals surface area contributed by atoms with Gasteiger partial charge in [-0.05, 0) is 0 Å². The first-order valence-electron chi connectivity index (χ1n) is 1.94. The molecular formula is C2H6N4O2. The molecule has 0 aromatic heterocycles. The van der Waals surface area contributed by atoms with Crippen molar-refractivity contribution in [3.8, 4) is 0 Å². The molecule has 0 aromatic rings. The summed E-state index contributed by atoms with van der Waals surface area (Å²) in [5.74, 6) is -1.54. The predicted octanol–water partition coefficient (Wildman–Crippen LogP) is -2.24. The molecule has 0 saturated carbocycles. The fraction of sp³-hybridized carbons (Fsp3) is 0.500. The minimum atomic E-state index is -1.54. The highest BCUT2D eigenvalue weighted by atomic mass is 16.7. The van der Waals surface area contributed by atoms with Crippen LogP contribution < -0.4 is 22.3 Å². The van der Waals surface area contributed by atoms with Crippen LogP contribution in [-0.4, -0.2) is 12.0 Å². The zero-order valence-corrected chi connectivity index (χ0v) is 3.97. The van der Waals surface area contributed by atoms with E-state index in [4.69, 9.17) is 11.5 Å². The Balaban J connectivity index is 2.56. The Labute approximate surface area is 45.1 Å². The van der Waals surface area contributed by atoms with E-state index in [0.717, 1.165) is 0 Å². The number of carbonyl (C=O) groups is 1. The minimum absolute atomic E-state index is 0.532. The van der Waals surface area contributed by atoms with E-state index in [-0.39, 0.29) is 0 Å². The van der Waals surface area contributed by atoms with Crippen LogP contribution in [0.5, 0.6) is 0 Å². The number of urea groups is 1. The Morgan fingerprint density at radius 2 is 2.25 bits per heavy atom. The maximum atomic E-state index is 10.2. The number of nitrogens with two attached hydrogens (primary N) is 2. The maximum absolute atomic E-state index is 10.2. The molecule has 46 valence electrons. The van der Waals surface area contributed by atoms with Gasteiger partial charge in [0.2, 0.25) is 0 Å². The summed E-state index contributed by atoms with van der Waals surface area (Å²) in [5.41, 5.74) is 12.0. The molecule has 6 nitrogen and oxygen atoms in total. The van der Waals surface area contributed by atoms with Crippen molar-refractivity contribution in [1.29, 1.82) is 0 Å². The van der Waals surface area contributed by atoms with Crippen molar-refractivity contribution in [2.24, 2.45) is 11.5 Å². The minimum Gasteiger partial charge on any atom is -0.281 e. The van der Waals surface area contributed by atoms with Crippen LogP contribution in [0.4, 0.5) is 4.79 Å². The van der Waals surface area contributed by atoms with Gasteiger partial charge in [-0.1, -0.05) is 0 Å². The SMILES string of the molecule is NC1(N)NC(=O)NO1. The van der Waals surface area contributed by atoms with Gasteiger partial charge in [-0.15, -0.1) is 0 Å². The molecule has 1 aliphatic heterocycles. The average molecular weight is 118 g/mol. The number of hydrogen-bond acceptors (Lipinski definition) is 4. The quantitative estimate of drug-likeness (QED) is 0.270. The highest BCUT2D eigenvalue weighted by Crippen LogP contribution is 1.90. The van der Waals surface area contributed by atoms with Crippen molar-refractivity contribution >= 4 is 6.03 Å². The molecule has 6 heteroatoms. The summed E-state index contributed by atoms with van der Waals surface area (Å²) in [7, 11) is 0. The Bertz CT molecular complexity index is 121. The number of rotatable bonds is 0. The number of carbonyl (C=O) groups excluding carboxylic acids is 1. The standard InChI is InChI=1S/C2H6N4O2/c3-2(4)5-1(7)6-8-2/h3-4H2,(H2,5,6,7). The molecule has 0 aromatic carbocycles. The fourth-order valence-electron chi connectivity index (χ4n) is 0.359. The van der Waals surface area contributed by atoms with Crippen molar-refractivity contribution in [2.75, 3.05) is 0 Å². The van der Waals surface area contributed by atoms with E-state index < -0.39 is 12.0 Å². The molecule has 1 saturated heterocycles. The molecule has 6 N–H and O–H groups in total. The lowest BCUT2D eigenvalue weighted by Crippen LogP contribution is -2.59. The lowest BCUT2D eigenvalue weighted by Gasteiger charge is -2.11. The second-order valence-corrected chi connectivity index (χ2v) is 1.45. The lowest BCUT2D eigenvalue weighted by molar-refractivity contribution is -0.0511. The number of hydrogen-bond donors (Lipinski definition) is 4. The van der Waals surface area contributed by atoms with E-state index in [9.17, 15) is 4.79 Å². The van der Waals surface area contributed by atoms with Crippen molar-refractivity contribution in [1.82, 2.24) is 10.8 Å². The highest BCUT2D eigenvalue weighted by Gasteiger charge is 2.30. The van der Waals surface area contributed by atoms with E-state index in [1.165, 1.54) is 0 Å². The van der Waals surface area contributed by atoms with Crippen LogP contribution >= 0.6 is 0 Å². The van der Waals surface area contributed by atoms with Crippen LogP contribution in [0, 0.1) is 0 Å². The van der Waals surface area contributed by atoms with Crippen LogP contribution in [0.1, 0.15) is 0 Å². The molecule has 1 fully saturated rings. The van der Waals surface area contributed by atoms with Gasteiger partial charge in [0.05, 0.1) is 0 Å². The first-order chi connectivity index (χ1) is 3.60. The van der Waals surface area contributed by atoms with Gasteiger partial charge in [0.1, 0.15) is 0 Å². The molecule has 1 rings (SSSR count). The second-order valence-electron chi connectivity index (χ2n) is 1.45. The van der Waals surface area contributed by atoms with Crippen LogP contribution in [0.3, 0.4) is 0 Å². The first kappa shape index (κ1) is 5.29. The first-order valence-corrected chi connectivity index (χ1v) is 1.94. The topological polar surface area (TPSA) is 102 Å². The van der Waals surface area contributed by atoms with Crippen molar-refractivity contribution in [3.63, 3.8) is 0 Å². The summed E-state index contributed by atoms with van der Waals surface area (Å²) >= 11 is 0. The third-order valence-corrected chi connectivity index (χ3v) is 0.622. The summed E-state index contributed by atoms with van der Waals surface area (Å²) in [6.07, 6.45) is 0. The smallest absolute Gasteiger partial charge is 0.281 e. The summed E-state index contributed by atoms with van der Waals surface area (Å²) in [5, 5.41) is 2.08. The molecule has 8 heavy (non-hydrogen) atoms. The zero-order chi connectivity index (χ0) is 6.20. The van der Waals surface area contributed by atoms with Crippen molar-refractivity contribution in [2.45, 2.75) is 5.97 Å². The van der Waals surface area contributed by atoms with Gasteiger partial charge < -0.3 is 0 Å². The average Bonchev–Trinajstić information content (AvgIpc) is 1.82. The van der Waals surface area contributed by atoms with Crippen LogP contribution in [0.15, 0.2) is 0 Å². The van der Waals surface area contributed by atoms with Crippen molar-refractivity contribution in [3.05, 3.63) is 0 Å². The highest BCUT2D eigenvalue weighted by molar-refractivity contribution is 5.74. The lowest BCUT2D eigenvalue weighted by atomic mass is 10.8. The van der Waals surface area contributed by atoms with Gasteiger partial charge in [0.15, 0.2) is 0 Å². The third-order valence-electron chi connectivity index (χ3n) is 0.622. The summed E-state index contributed by atoms with van der Waals surface area (Å²) < 4.78 is 0. The van der Waals surface area contributed by atoms with E-state index in [1.54, 1.807) is 0 Å². The molecule has 0 bridgehead atoms. The van der Waals surface area contributed by atoms with Crippen molar-refractivity contribution < 1.29 is 9.63 Å². The predicted molar refractivity (Wildman–Crippen MR) is 23.9 cm³/mol. The summed E-state index contributed by atoms with van der Waals surface area (Å²) in [4.78, 5) is 14.4. The molecule has 1 aliphatic rings. The van der Waals surface area contributed by atoms with Gasteiger partial charge >= 0.3 is 6.03 Å².